The fourth-order valence-corrected chi connectivity index (χ4v) is 2.68. The van der Waals surface area contributed by atoms with Crippen molar-refractivity contribution in [2.24, 2.45) is 7.05 Å². The van der Waals surface area contributed by atoms with E-state index in [9.17, 15) is 0 Å². The minimum atomic E-state index is 0.291. The number of fused-ring (bicyclic) bond motifs is 1. The number of aryl methyl sites for hydroxylation is 3. The lowest BCUT2D eigenvalue weighted by atomic mass is 10.2. The van der Waals surface area contributed by atoms with Gasteiger partial charge in [-0.1, -0.05) is 6.92 Å². The number of ether oxygens (including phenoxy) is 1. The van der Waals surface area contributed by atoms with Gasteiger partial charge in [0.25, 0.3) is 0 Å². The van der Waals surface area contributed by atoms with Crippen LogP contribution in [-0.4, -0.2) is 39.0 Å². The highest BCUT2D eigenvalue weighted by Gasteiger charge is 2.18. The van der Waals surface area contributed by atoms with Crippen molar-refractivity contribution in [1.29, 1.82) is 0 Å². The highest BCUT2D eigenvalue weighted by molar-refractivity contribution is 5.87. The Morgan fingerprint density at radius 1 is 1.40 bits per heavy atom. The van der Waals surface area contributed by atoms with Gasteiger partial charge < -0.3 is 10.1 Å². The maximum atomic E-state index is 5.65. The van der Waals surface area contributed by atoms with Crippen LogP contribution in [0.5, 0.6) is 0 Å². The van der Waals surface area contributed by atoms with Gasteiger partial charge in [0.05, 0.1) is 11.8 Å². The average Bonchev–Trinajstić information content (AvgIpc) is 3.05. The predicted molar refractivity (Wildman–Crippen MR) is 77.9 cm³/mol. The monoisotopic (exact) mass is 275 g/mol. The molecule has 1 unspecified atom stereocenters. The largest absolute Gasteiger partial charge is 0.376 e. The van der Waals surface area contributed by atoms with Gasteiger partial charge in [0.1, 0.15) is 16.9 Å². The van der Waals surface area contributed by atoms with Gasteiger partial charge in [-0.15, -0.1) is 0 Å². The van der Waals surface area contributed by atoms with Crippen molar-refractivity contribution >= 4 is 16.9 Å². The Morgan fingerprint density at radius 2 is 2.25 bits per heavy atom. The number of anilines is 1. The summed E-state index contributed by atoms with van der Waals surface area (Å²) in [5.74, 6) is 1.72. The molecule has 108 valence electrons. The molecule has 0 aliphatic carbocycles. The maximum Gasteiger partial charge on any atom is 0.156 e. The van der Waals surface area contributed by atoms with Crippen LogP contribution in [0.3, 0.4) is 0 Å². The van der Waals surface area contributed by atoms with Gasteiger partial charge in [-0.3, -0.25) is 4.68 Å². The molecule has 20 heavy (non-hydrogen) atoms. The maximum absolute atomic E-state index is 5.65. The first-order valence-corrected chi connectivity index (χ1v) is 7.24. The molecule has 6 nitrogen and oxygen atoms in total. The summed E-state index contributed by atoms with van der Waals surface area (Å²) in [4.78, 5) is 9.20. The number of hydrogen-bond donors (Lipinski definition) is 1. The van der Waals surface area contributed by atoms with Crippen molar-refractivity contribution in [2.45, 2.75) is 39.2 Å². The summed E-state index contributed by atoms with van der Waals surface area (Å²) in [6.07, 6.45) is 3.38. The lowest BCUT2D eigenvalue weighted by molar-refractivity contribution is 0.120. The van der Waals surface area contributed by atoms with Crippen molar-refractivity contribution < 1.29 is 4.74 Å². The molecule has 1 saturated heterocycles. The van der Waals surface area contributed by atoms with Gasteiger partial charge in [0.2, 0.25) is 0 Å². The fourth-order valence-electron chi connectivity index (χ4n) is 2.68. The summed E-state index contributed by atoms with van der Waals surface area (Å²) in [7, 11) is 1.93. The van der Waals surface area contributed by atoms with Crippen molar-refractivity contribution in [1.82, 2.24) is 19.7 Å². The van der Waals surface area contributed by atoms with Crippen molar-refractivity contribution in [3.8, 4) is 0 Å². The standard InChI is InChI=1S/C14H21N5O/c1-4-11-16-12-9(2)18-19(3)13(12)14(17-11)15-8-10-6-5-7-20-10/h10H,4-8H2,1-3H3,(H,15,16,17). The van der Waals surface area contributed by atoms with E-state index in [-0.39, 0.29) is 0 Å². The molecule has 6 heteroatoms. The van der Waals surface area contributed by atoms with E-state index in [1.54, 1.807) is 0 Å². The molecule has 1 aliphatic heterocycles. The van der Waals surface area contributed by atoms with Crippen LogP contribution in [0.25, 0.3) is 11.0 Å². The first-order valence-electron chi connectivity index (χ1n) is 7.24. The minimum Gasteiger partial charge on any atom is -0.376 e. The third kappa shape index (κ3) is 2.35. The zero-order valence-electron chi connectivity index (χ0n) is 12.3. The molecular formula is C14H21N5O. The van der Waals surface area contributed by atoms with E-state index in [2.05, 4.69) is 27.3 Å². The van der Waals surface area contributed by atoms with E-state index in [1.807, 2.05) is 18.7 Å². The lowest BCUT2D eigenvalue weighted by Gasteiger charge is -2.13. The van der Waals surface area contributed by atoms with E-state index in [1.165, 1.54) is 0 Å². The van der Waals surface area contributed by atoms with Gasteiger partial charge >= 0.3 is 0 Å². The lowest BCUT2D eigenvalue weighted by Crippen LogP contribution is -2.20. The molecule has 1 fully saturated rings. The molecule has 1 atom stereocenters. The Kier molecular flexibility index (Phi) is 3.56. The summed E-state index contributed by atoms with van der Waals surface area (Å²) >= 11 is 0. The number of rotatable bonds is 4. The molecule has 0 saturated carbocycles. The smallest absolute Gasteiger partial charge is 0.156 e. The van der Waals surface area contributed by atoms with E-state index >= 15 is 0 Å². The summed E-state index contributed by atoms with van der Waals surface area (Å²) in [6, 6.07) is 0. The predicted octanol–water partition coefficient (Wildman–Crippen LogP) is 1.83. The van der Waals surface area contributed by atoms with Crippen LogP contribution in [0.15, 0.2) is 0 Å². The molecule has 3 heterocycles. The molecule has 0 radical (unpaired) electrons. The normalized spacial score (nSPS) is 18.9. The molecule has 0 amide bonds. The number of nitrogens with one attached hydrogen (secondary N) is 1. The van der Waals surface area contributed by atoms with E-state index < -0.39 is 0 Å². The van der Waals surface area contributed by atoms with Crippen molar-refractivity contribution in [2.75, 3.05) is 18.5 Å². The Bertz CT molecular complexity index is 616. The summed E-state index contributed by atoms with van der Waals surface area (Å²) in [6.45, 7) is 5.71. The van der Waals surface area contributed by atoms with E-state index in [0.717, 1.165) is 60.8 Å². The van der Waals surface area contributed by atoms with Crippen LogP contribution >= 0.6 is 0 Å². The van der Waals surface area contributed by atoms with Crippen LogP contribution in [0, 0.1) is 6.92 Å². The quantitative estimate of drug-likeness (QED) is 0.922. The summed E-state index contributed by atoms with van der Waals surface area (Å²) in [5.41, 5.74) is 2.85. The second-order valence-electron chi connectivity index (χ2n) is 5.26. The van der Waals surface area contributed by atoms with Crippen molar-refractivity contribution in [3.63, 3.8) is 0 Å². The van der Waals surface area contributed by atoms with Crippen LogP contribution in [0.4, 0.5) is 5.82 Å². The summed E-state index contributed by atoms with van der Waals surface area (Å²) < 4.78 is 7.50. The molecule has 1 aliphatic rings. The van der Waals surface area contributed by atoms with E-state index in [4.69, 9.17) is 4.74 Å². The van der Waals surface area contributed by atoms with Crippen LogP contribution in [-0.2, 0) is 18.2 Å². The average molecular weight is 275 g/mol. The topological polar surface area (TPSA) is 64.9 Å². The first kappa shape index (κ1) is 13.3. The first-order chi connectivity index (χ1) is 9.69. The number of nitrogens with zero attached hydrogens (tertiary/aromatic N) is 4. The second kappa shape index (κ2) is 5.36. The second-order valence-corrected chi connectivity index (χ2v) is 5.26. The van der Waals surface area contributed by atoms with Crippen LogP contribution < -0.4 is 5.32 Å². The molecule has 0 aromatic carbocycles. The SMILES string of the molecule is CCc1nc(NCC2CCCO2)c2c(n1)c(C)nn2C. The summed E-state index contributed by atoms with van der Waals surface area (Å²) in [5, 5.41) is 7.87. The van der Waals surface area contributed by atoms with Crippen LogP contribution in [0.2, 0.25) is 0 Å². The molecule has 2 aromatic rings. The minimum absolute atomic E-state index is 0.291. The van der Waals surface area contributed by atoms with E-state index in [0.29, 0.717) is 6.10 Å². The zero-order valence-corrected chi connectivity index (χ0v) is 12.3. The zero-order chi connectivity index (χ0) is 14.1. The Labute approximate surface area is 118 Å². The highest BCUT2D eigenvalue weighted by atomic mass is 16.5. The number of aromatic nitrogens is 4. The van der Waals surface area contributed by atoms with Gasteiger partial charge in [-0.05, 0) is 19.8 Å². The Morgan fingerprint density at radius 3 is 2.95 bits per heavy atom. The Balaban J connectivity index is 1.94. The van der Waals surface area contributed by atoms with Gasteiger partial charge in [-0.2, -0.15) is 5.10 Å². The third-order valence-electron chi connectivity index (χ3n) is 3.73. The molecular weight excluding hydrogens is 254 g/mol. The molecule has 0 spiro atoms. The Hall–Kier alpha value is -1.69. The van der Waals surface area contributed by atoms with Crippen LogP contribution in [0.1, 0.15) is 31.3 Å². The highest BCUT2D eigenvalue weighted by Crippen LogP contribution is 2.23. The number of hydrogen-bond acceptors (Lipinski definition) is 5. The van der Waals surface area contributed by atoms with Crippen molar-refractivity contribution in [3.05, 3.63) is 11.5 Å². The fraction of sp³-hybridized carbons (Fsp3) is 0.643. The molecule has 1 N–H and O–H groups in total. The molecule has 2 aromatic heterocycles. The van der Waals surface area contributed by atoms with Gasteiger partial charge in [0, 0.05) is 26.6 Å². The molecule has 3 rings (SSSR count). The molecule has 0 bridgehead atoms. The van der Waals surface area contributed by atoms with Gasteiger partial charge in [0.15, 0.2) is 5.82 Å². The van der Waals surface area contributed by atoms with Gasteiger partial charge in [-0.25, -0.2) is 9.97 Å². The third-order valence-corrected chi connectivity index (χ3v) is 3.73.